The fourth-order valence-electron chi connectivity index (χ4n) is 0.824. The van der Waals surface area contributed by atoms with E-state index in [0.29, 0.717) is 22.1 Å². The number of halogens is 1. The van der Waals surface area contributed by atoms with Gasteiger partial charge in [-0.15, -0.1) is 0 Å². The van der Waals surface area contributed by atoms with Gasteiger partial charge in [-0.1, -0.05) is 25.4 Å². The number of rotatable bonds is 1. The number of nitrogens with one attached hydrogen (secondary N) is 1. The number of nitrogen functional groups attached to an aromatic ring is 1. The first kappa shape index (κ1) is 11.9. The minimum Gasteiger partial charge on any atom is -0.383 e. The third-order valence-corrected chi connectivity index (χ3v) is 1.62. The molecular formula is C9H14ClN3. The second-order valence-electron chi connectivity index (χ2n) is 2.18. The number of nitrogens with two attached hydrogens (primary N) is 1. The van der Waals surface area contributed by atoms with Crippen LogP contribution >= 0.6 is 11.6 Å². The summed E-state index contributed by atoms with van der Waals surface area (Å²) in [5.41, 5.74) is 6.34. The molecule has 0 fully saturated rings. The molecule has 3 N–H and O–H groups in total. The molecule has 1 heterocycles. The number of nitrogens with zero attached hydrogens (tertiary/aromatic N) is 1. The molecule has 1 aromatic heterocycles. The molecule has 0 saturated carbocycles. The van der Waals surface area contributed by atoms with Gasteiger partial charge in [0.15, 0.2) is 0 Å². The van der Waals surface area contributed by atoms with Crippen LogP contribution in [0, 0.1) is 5.41 Å². The van der Waals surface area contributed by atoms with Crippen LogP contribution in [0.5, 0.6) is 0 Å². The smallest absolute Gasteiger partial charge is 0.133 e. The first-order valence-electron chi connectivity index (χ1n) is 4.08. The average Bonchev–Trinajstić information content (AvgIpc) is 2.07. The summed E-state index contributed by atoms with van der Waals surface area (Å²) in [5, 5.41) is 7.79. The van der Waals surface area contributed by atoms with Crippen molar-refractivity contribution >= 4 is 23.1 Å². The van der Waals surface area contributed by atoms with E-state index in [1.165, 1.54) is 6.20 Å². The molecule has 0 spiro atoms. The maximum Gasteiger partial charge on any atom is 0.133 e. The third kappa shape index (κ3) is 3.03. The molecule has 1 aromatic rings. The van der Waals surface area contributed by atoms with Crippen LogP contribution in [0.2, 0.25) is 5.02 Å². The summed E-state index contributed by atoms with van der Waals surface area (Å²) in [5.74, 6) is 0.310. The van der Waals surface area contributed by atoms with Crippen molar-refractivity contribution in [1.29, 1.82) is 5.41 Å². The molecule has 0 aliphatic rings. The molecule has 3 nitrogen and oxygen atoms in total. The van der Waals surface area contributed by atoms with Crippen molar-refractivity contribution in [3.63, 3.8) is 0 Å². The van der Waals surface area contributed by atoms with Crippen LogP contribution in [0.3, 0.4) is 0 Å². The van der Waals surface area contributed by atoms with Crippen LogP contribution in [0.25, 0.3) is 0 Å². The summed E-state index contributed by atoms with van der Waals surface area (Å²) in [6, 6.07) is 1.62. The van der Waals surface area contributed by atoms with Crippen molar-refractivity contribution in [1.82, 2.24) is 4.98 Å². The molecule has 13 heavy (non-hydrogen) atoms. The summed E-state index contributed by atoms with van der Waals surface area (Å²) in [6.45, 7) is 5.62. The lowest BCUT2D eigenvalue weighted by atomic mass is 10.2. The lowest BCUT2D eigenvalue weighted by Gasteiger charge is -2.03. The highest BCUT2D eigenvalue weighted by molar-refractivity contribution is 6.34. The molecule has 0 bridgehead atoms. The summed E-state index contributed by atoms with van der Waals surface area (Å²) >= 11 is 5.76. The topological polar surface area (TPSA) is 62.8 Å². The van der Waals surface area contributed by atoms with Crippen LogP contribution in [0.4, 0.5) is 5.82 Å². The lowest BCUT2D eigenvalue weighted by molar-refractivity contribution is 1.31. The Kier molecular flexibility index (Phi) is 5.07. The Labute approximate surface area is 83.4 Å². The maximum atomic E-state index is 7.31. The zero-order valence-corrected chi connectivity index (χ0v) is 8.81. The van der Waals surface area contributed by atoms with E-state index in [1.54, 1.807) is 13.0 Å². The van der Waals surface area contributed by atoms with Crippen LogP contribution in [-0.4, -0.2) is 10.7 Å². The third-order valence-electron chi connectivity index (χ3n) is 1.30. The second-order valence-corrected chi connectivity index (χ2v) is 2.59. The van der Waals surface area contributed by atoms with E-state index in [2.05, 4.69) is 4.98 Å². The van der Waals surface area contributed by atoms with Crippen LogP contribution in [-0.2, 0) is 0 Å². The normalized spacial score (nSPS) is 8.62. The minimum absolute atomic E-state index is 0.310. The zero-order valence-electron chi connectivity index (χ0n) is 8.06. The van der Waals surface area contributed by atoms with Crippen LogP contribution in [0.1, 0.15) is 26.3 Å². The molecule has 0 unspecified atom stereocenters. The largest absolute Gasteiger partial charge is 0.383 e. The Bertz CT molecular complexity index is 277. The van der Waals surface area contributed by atoms with E-state index in [4.69, 9.17) is 22.7 Å². The van der Waals surface area contributed by atoms with Gasteiger partial charge in [0.25, 0.3) is 0 Å². The Morgan fingerprint density at radius 1 is 1.54 bits per heavy atom. The fourth-order valence-corrected chi connectivity index (χ4v) is 1.12. The van der Waals surface area contributed by atoms with Gasteiger partial charge in [0.2, 0.25) is 0 Å². The molecule has 1 rings (SSSR count). The molecule has 4 heteroatoms. The highest BCUT2D eigenvalue weighted by Gasteiger charge is 2.06. The molecule has 0 saturated heterocycles. The molecular weight excluding hydrogens is 186 g/mol. The van der Waals surface area contributed by atoms with Crippen molar-refractivity contribution < 1.29 is 0 Å². The number of anilines is 1. The van der Waals surface area contributed by atoms with E-state index >= 15 is 0 Å². The van der Waals surface area contributed by atoms with Crippen molar-refractivity contribution in [3.05, 3.63) is 22.8 Å². The SMILES string of the molecule is CC.CC(=N)c1c(Cl)ccnc1N. The van der Waals surface area contributed by atoms with Gasteiger partial charge >= 0.3 is 0 Å². The van der Waals surface area contributed by atoms with E-state index < -0.39 is 0 Å². The molecule has 0 amide bonds. The van der Waals surface area contributed by atoms with Gasteiger partial charge in [-0.3, -0.25) is 0 Å². The second kappa shape index (κ2) is 5.54. The van der Waals surface area contributed by atoms with Crippen LogP contribution < -0.4 is 5.73 Å². The Balaban J connectivity index is 0.000000671. The molecule has 0 radical (unpaired) electrons. The minimum atomic E-state index is 0.310. The van der Waals surface area contributed by atoms with E-state index in [9.17, 15) is 0 Å². The van der Waals surface area contributed by atoms with Crippen LogP contribution in [0.15, 0.2) is 12.3 Å². The highest BCUT2D eigenvalue weighted by atomic mass is 35.5. The van der Waals surface area contributed by atoms with Crippen molar-refractivity contribution in [2.45, 2.75) is 20.8 Å². The van der Waals surface area contributed by atoms with Crippen molar-refractivity contribution in [2.75, 3.05) is 5.73 Å². The zero-order chi connectivity index (χ0) is 10.4. The Morgan fingerprint density at radius 2 is 2.08 bits per heavy atom. The van der Waals surface area contributed by atoms with Gasteiger partial charge in [0.05, 0.1) is 10.6 Å². The summed E-state index contributed by atoms with van der Waals surface area (Å²) in [4.78, 5) is 3.81. The van der Waals surface area contributed by atoms with Gasteiger partial charge in [-0.25, -0.2) is 4.98 Å². The number of aromatic nitrogens is 1. The summed E-state index contributed by atoms with van der Waals surface area (Å²) < 4.78 is 0. The molecule has 72 valence electrons. The van der Waals surface area contributed by atoms with E-state index in [0.717, 1.165) is 0 Å². The van der Waals surface area contributed by atoms with Gasteiger partial charge < -0.3 is 11.1 Å². The highest BCUT2D eigenvalue weighted by Crippen LogP contribution is 2.19. The number of pyridine rings is 1. The van der Waals surface area contributed by atoms with Gasteiger partial charge in [-0.05, 0) is 13.0 Å². The van der Waals surface area contributed by atoms with E-state index in [-0.39, 0.29) is 0 Å². The number of hydrogen-bond donors (Lipinski definition) is 2. The van der Waals surface area contributed by atoms with Gasteiger partial charge in [0.1, 0.15) is 5.82 Å². The quantitative estimate of drug-likeness (QED) is 0.684. The fraction of sp³-hybridized carbons (Fsp3) is 0.333. The Hall–Kier alpha value is -1.09. The monoisotopic (exact) mass is 199 g/mol. The standard InChI is InChI=1S/C7H8ClN3.C2H6/c1-4(9)6-5(8)2-3-11-7(6)10;1-2/h2-3,9H,1H3,(H2,10,11);1-2H3. The lowest BCUT2D eigenvalue weighted by Crippen LogP contribution is -2.02. The number of hydrogen-bond acceptors (Lipinski definition) is 3. The molecule has 0 aliphatic heterocycles. The molecule has 0 aliphatic carbocycles. The average molecular weight is 200 g/mol. The van der Waals surface area contributed by atoms with Gasteiger partial charge in [-0.2, -0.15) is 0 Å². The first-order chi connectivity index (χ1) is 6.13. The van der Waals surface area contributed by atoms with Crippen molar-refractivity contribution in [2.24, 2.45) is 0 Å². The van der Waals surface area contributed by atoms with E-state index in [1.807, 2.05) is 13.8 Å². The Morgan fingerprint density at radius 3 is 2.38 bits per heavy atom. The predicted octanol–water partition coefficient (Wildman–Crippen LogP) is 2.73. The summed E-state index contributed by atoms with van der Waals surface area (Å²) in [7, 11) is 0. The molecule has 0 aromatic carbocycles. The molecule has 0 atom stereocenters. The first-order valence-corrected chi connectivity index (χ1v) is 4.46. The van der Waals surface area contributed by atoms with Gasteiger partial charge in [0, 0.05) is 11.9 Å². The maximum absolute atomic E-state index is 7.31. The predicted molar refractivity (Wildman–Crippen MR) is 57.5 cm³/mol. The van der Waals surface area contributed by atoms with Crippen molar-refractivity contribution in [3.8, 4) is 0 Å². The summed E-state index contributed by atoms with van der Waals surface area (Å²) in [6.07, 6.45) is 1.52.